The lowest BCUT2D eigenvalue weighted by molar-refractivity contribution is -0.137. The quantitative estimate of drug-likeness (QED) is 0.923. The topological polar surface area (TPSA) is 42.1 Å². The molecule has 3 nitrogen and oxygen atoms in total. The Bertz CT molecular complexity index is 391. The highest BCUT2D eigenvalue weighted by molar-refractivity contribution is 7.11. The summed E-state index contributed by atoms with van der Waals surface area (Å²) in [5.41, 5.74) is 5.63. The Hall–Kier alpha value is -0.660. The summed E-state index contributed by atoms with van der Waals surface area (Å²) in [4.78, 5) is 6.26. The van der Waals surface area contributed by atoms with E-state index in [9.17, 15) is 13.2 Å². The minimum absolute atomic E-state index is 0.466. The molecule has 1 saturated heterocycles. The molecule has 1 aliphatic heterocycles. The van der Waals surface area contributed by atoms with Gasteiger partial charge in [0.2, 0.25) is 0 Å². The summed E-state index contributed by atoms with van der Waals surface area (Å²) in [5.74, 6) is 0.466. The molecule has 7 heteroatoms. The van der Waals surface area contributed by atoms with Crippen molar-refractivity contribution in [2.75, 3.05) is 19.6 Å². The smallest absolute Gasteiger partial charge is 0.330 e. The van der Waals surface area contributed by atoms with Crippen molar-refractivity contribution < 1.29 is 13.2 Å². The number of likely N-dealkylation sites (tertiary alicyclic amines) is 1. The van der Waals surface area contributed by atoms with E-state index in [1.807, 2.05) is 0 Å². The van der Waals surface area contributed by atoms with E-state index in [1.165, 1.54) is 6.20 Å². The Morgan fingerprint density at radius 2 is 2.28 bits per heavy atom. The van der Waals surface area contributed by atoms with Gasteiger partial charge >= 0.3 is 6.18 Å². The normalized spacial score (nSPS) is 22.3. The number of hydrogen-bond acceptors (Lipinski definition) is 4. The lowest BCUT2D eigenvalue weighted by atomic mass is 9.98. The molecule has 2 N–H and O–H groups in total. The van der Waals surface area contributed by atoms with Crippen LogP contribution in [0.1, 0.15) is 22.7 Å². The molecule has 102 valence electrons. The molecular weight excluding hydrogens is 263 g/mol. The Morgan fingerprint density at radius 3 is 2.89 bits per heavy atom. The van der Waals surface area contributed by atoms with Gasteiger partial charge < -0.3 is 5.73 Å². The van der Waals surface area contributed by atoms with Crippen LogP contribution in [0, 0.1) is 5.92 Å². The average molecular weight is 279 g/mol. The maximum atomic E-state index is 12.4. The number of aromatic nitrogens is 1. The molecule has 1 aromatic rings. The summed E-state index contributed by atoms with van der Waals surface area (Å²) < 4.78 is 37.2. The first-order valence-electron chi connectivity index (χ1n) is 5.93. The largest absolute Gasteiger partial charge is 0.443 e. The van der Waals surface area contributed by atoms with Crippen molar-refractivity contribution in [1.82, 2.24) is 9.88 Å². The lowest BCUT2D eigenvalue weighted by Gasteiger charge is -2.31. The SMILES string of the molecule is NCC1CCCN(Cc2cnc(C(F)(F)F)s2)C1. The van der Waals surface area contributed by atoms with Gasteiger partial charge in [-0.3, -0.25) is 4.90 Å². The van der Waals surface area contributed by atoms with E-state index in [0.29, 0.717) is 23.9 Å². The Balaban J connectivity index is 1.95. The highest BCUT2D eigenvalue weighted by Gasteiger charge is 2.34. The van der Waals surface area contributed by atoms with Crippen molar-refractivity contribution in [2.45, 2.75) is 25.6 Å². The third-order valence-corrected chi connectivity index (χ3v) is 4.14. The molecule has 18 heavy (non-hydrogen) atoms. The molecule has 1 atom stereocenters. The first kappa shape index (κ1) is 13.8. The van der Waals surface area contributed by atoms with Crippen molar-refractivity contribution in [3.63, 3.8) is 0 Å². The van der Waals surface area contributed by atoms with Crippen molar-refractivity contribution >= 4 is 11.3 Å². The van der Waals surface area contributed by atoms with Crippen molar-refractivity contribution in [3.8, 4) is 0 Å². The molecule has 2 heterocycles. The highest BCUT2D eigenvalue weighted by atomic mass is 32.1. The number of piperidine rings is 1. The molecular formula is C11H16F3N3S. The van der Waals surface area contributed by atoms with Gasteiger partial charge in [0.15, 0.2) is 5.01 Å². The van der Waals surface area contributed by atoms with E-state index in [2.05, 4.69) is 9.88 Å². The molecule has 1 aromatic heterocycles. The molecule has 0 spiro atoms. The third kappa shape index (κ3) is 3.43. The molecule has 1 aliphatic rings. The molecule has 0 aliphatic carbocycles. The number of hydrogen-bond donors (Lipinski definition) is 1. The minimum Gasteiger partial charge on any atom is -0.330 e. The first-order chi connectivity index (χ1) is 8.49. The van der Waals surface area contributed by atoms with Crippen LogP contribution in [0.5, 0.6) is 0 Å². The minimum atomic E-state index is -4.33. The Morgan fingerprint density at radius 1 is 1.50 bits per heavy atom. The van der Waals surface area contributed by atoms with E-state index in [-0.39, 0.29) is 0 Å². The van der Waals surface area contributed by atoms with Crippen LogP contribution in [-0.2, 0) is 12.7 Å². The third-order valence-electron chi connectivity index (χ3n) is 3.11. The number of thiazole rings is 1. The van der Waals surface area contributed by atoms with Crippen LogP contribution in [-0.4, -0.2) is 29.5 Å². The molecule has 1 fully saturated rings. The summed E-state index contributed by atoms with van der Waals surface area (Å²) in [7, 11) is 0. The van der Waals surface area contributed by atoms with Crippen molar-refractivity contribution in [2.24, 2.45) is 11.7 Å². The Kier molecular flexibility index (Phi) is 4.24. The standard InChI is InChI=1S/C11H16F3N3S/c12-11(13,14)10-16-5-9(18-10)7-17-3-1-2-8(4-15)6-17/h5,8H,1-4,6-7,15H2. The molecule has 1 unspecified atom stereocenters. The summed E-state index contributed by atoms with van der Waals surface area (Å²) in [6.07, 6.45) is -0.819. The number of alkyl halides is 3. The zero-order chi connectivity index (χ0) is 13.2. The van der Waals surface area contributed by atoms with Crippen molar-refractivity contribution in [1.29, 1.82) is 0 Å². The molecule has 0 radical (unpaired) electrons. The van der Waals surface area contributed by atoms with Crippen LogP contribution >= 0.6 is 11.3 Å². The van der Waals surface area contributed by atoms with Gasteiger partial charge in [0, 0.05) is 24.2 Å². The second-order valence-electron chi connectivity index (χ2n) is 4.61. The zero-order valence-corrected chi connectivity index (χ0v) is 10.7. The second-order valence-corrected chi connectivity index (χ2v) is 5.72. The zero-order valence-electron chi connectivity index (χ0n) is 9.91. The van der Waals surface area contributed by atoms with E-state index < -0.39 is 11.2 Å². The monoisotopic (exact) mass is 279 g/mol. The van der Waals surface area contributed by atoms with E-state index in [0.717, 1.165) is 37.3 Å². The summed E-state index contributed by atoms with van der Waals surface area (Å²) >= 11 is 0.733. The highest BCUT2D eigenvalue weighted by Crippen LogP contribution is 2.33. The predicted molar refractivity (Wildman–Crippen MR) is 64.2 cm³/mol. The van der Waals surface area contributed by atoms with E-state index >= 15 is 0 Å². The summed E-state index contributed by atoms with van der Waals surface area (Å²) in [5, 5.41) is -0.759. The maximum absolute atomic E-state index is 12.4. The van der Waals surface area contributed by atoms with Gasteiger partial charge in [-0.05, 0) is 31.8 Å². The molecule has 2 rings (SSSR count). The number of rotatable bonds is 3. The van der Waals surface area contributed by atoms with Gasteiger partial charge in [0.1, 0.15) is 0 Å². The number of halogens is 3. The molecule has 0 aromatic carbocycles. The van der Waals surface area contributed by atoms with Gasteiger partial charge in [0.05, 0.1) is 0 Å². The number of nitrogens with zero attached hydrogens (tertiary/aromatic N) is 2. The summed E-state index contributed by atoms with van der Waals surface area (Å²) in [6, 6.07) is 0. The molecule has 0 bridgehead atoms. The van der Waals surface area contributed by atoms with Crippen molar-refractivity contribution in [3.05, 3.63) is 16.1 Å². The van der Waals surface area contributed by atoms with E-state index in [4.69, 9.17) is 5.73 Å². The lowest BCUT2D eigenvalue weighted by Crippen LogP contribution is -2.37. The first-order valence-corrected chi connectivity index (χ1v) is 6.75. The van der Waals surface area contributed by atoms with Gasteiger partial charge in [-0.15, -0.1) is 11.3 Å². The predicted octanol–water partition coefficient (Wildman–Crippen LogP) is 2.33. The fraction of sp³-hybridized carbons (Fsp3) is 0.727. The number of nitrogens with two attached hydrogens (primary N) is 1. The van der Waals surface area contributed by atoms with E-state index in [1.54, 1.807) is 0 Å². The van der Waals surface area contributed by atoms with Gasteiger partial charge in [-0.1, -0.05) is 0 Å². The van der Waals surface area contributed by atoms with Gasteiger partial charge in [0.25, 0.3) is 0 Å². The van der Waals surface area contributed by atoms with Crippen LogP contribution in [0.2, 0.25) is 0 Å². The fourth-order valence-corrected chi connectivity index (χ4v) is 3.04. The van der Waals surface area contributed by atoms with Crippen LogP contribution in [0.15, 0.2) is 6.20 Å². The van der Waals surface area contributed by atoms with Gasteiger partial charge in [-0.2, -0.15) is 13.2 Å². The summed E-state index contributed by atoms with van der Waals surface area (Å²) in [6.45, 7) is 2.99. The van der Waals surface area contributed by atoms with Crippen LogP contribution in [0.25, 0.3) is 0 Å². The second kappa shape index (κ2) is 5.54. The molecule has 0 saturated carbocycles. The fourth-order valence-electron chi connectivity index (χ4n) is 2.22. The Labute approximate surface area is 108 Å². The average Bonchev–Trinajstić information content (AvgIpc) is 2.77. The van der Waals surface area contributed by atoms with Crippen LogP contribution < -0.4 is 5.73 Å². The maximum Gasteiger partial charge on any atom is 0.443 e. The van der Waals surface area contributed by atoms with Gasteiger partial charge in [-0.25, -0.2) is 4.98 Å². The molecule has 0 amide bonds. The van der Waals surface area contributed by atoms with Crippen LogP contribution in [0.4, 0.5) is 13.2 Å². The van der Waals surface area contributed by atoms with Crippen LogP contribution in [0.3, 0.4) is 0 Å².